The van der Waals surface area contributed by atoms with Gasteiger partial charge in [0.15, 0.2) is 5.65 Å². The number of imidazole rings is 1. The molecule has 0 amide bonds. The van der Waals surface area contributed by atoms with Crippen molar-refractivity contribution in [1.82, 2.24) is 24.7 Å². The predicted octanol–water partition coefficient (Wildman–Crippen LogP) is 3.47. The lowest BCUT2D eigenvalue weighted by atomic mass is 10.2. The summed E-state index contributed by atoms with van der Waals surface area (Å²) in [5.74, 6) is 1.55. The molecule has 1 atom stereocenters. The van der Waals surface area contributed by atoms with Gasteiger partial charge in [-0.25, -0.2) is 9.97 Å². The van der Waals surface area contributed by atoms with Gasteiger partial charge in [0.05, 0.1) is 29.5 Å². The van der Waals surface area contributed by atoms with Crippen LogP contribution in [-0.2, 0) is 0 Å². The summed E-state index contributed by atoms with van der Waals surface area (Å²) >= 11 is 0. The molecule has 0 bridgehead atoms. The van der Waals surface area contributed by atoms with Gasteiger partial charge in [-0.3, -0.25) is 9.38 Å². The molecular weight excluding hydrogens is 324 g/mol. The number of nitrogens with zero attached hydrogens (tertiary/aromatic N) is 4. The van der Waals surface area contributed by atoms with Crippen molar-refractivity contribution in [2.45, 2.75) is 45.1 Å². The zero-order valence-corrected chi connectivity index (χ0v) is 15.4. The molecule has 2 N–H and O–H groups in total. The fraction of sp³-hybridized carbons (Fsp3) is 0.450. The molecular formula is C20H26N6. The van der Waals surface area contributed by atoms with Crippen LogP contribution in [-0.4, -0.2) is 38.5 Å². The van der Waals surface area contributed by atoms with Gasteiger partial charge < -0.3 is 10.6 Å². The summed E-state index contributed by atoms with van der Waals surface area (Å²) < 4.78 is 2.11. The molecule has 1 aliphatic heterocycles. The molecule has 5 rings (SSSR count). The van der Waals surface area contributed by atoms with E-state index in [1.54, 1.807) is 0 Å². The first kappa shape index (κ1) is 17.0. The minimum atomic E-state index is 0.459. The highest BCUT2D eigenvalue weighted by Crippen LogP contribution is 2.39. The molecule has 3 aromatic rings. The van der Waals surface area contributed by atoms with Gasteiger partial charge in [-0.2, -0.15) is 0 Å². The van der Waals surface area contributed by atoms with E-state index >= 15 is 0 Å². The Kier molecular flexibility index (Phi) is 4.84. The number of nitrogens with one attached hydrogen (secondary N) is 2. The third kappa shape index (κ3) is 3.42. The fourth-order valence-electron chi connectivity index (χ4n) is 3.33. The Balaban J connectivity index is 0.000000814. The summed E-state index contributed by atoms with van der Waals surface area (Å²) in [5.41, 5.74) is 3.98. The van der Waals surface area contributed by atoms with Crippen molar-refractivity contribution in [2.75, 3.05) is 18.4 Å². The largest absolute Gasteiger partial charge is 0.366 e. The van der Waals surface area contributed by atoms with E-state index in [9.17, 15) is 0 Å². The molecule has 0 spiro atoms. The van der Waals surface area contributed by atoms with E-state index in [2.05, 4.69) is 37.3 Å². The van der Waals surface area contributed by atoms with Crippen LogP contribution in [0.2, 0.25) is 0 Å². The average Bonchev–Trinajstić information content (AvgIpc) is 3.25. The Morgan fingerprint density at radius 3 is 2.77 bits per heavy atom. The topological polar surface area (TPSA) is 67.1 Å². The lowest BCUT2D eigenvalue weighted by molar-refractivity contribution is 0.788. The second-order valence-electron chi connectivity index (χ2n) is 6.70. The first-order valence-electron chi connectivity index (χ1n) is 9.64. The van der Waals surface area contributed by atoms with Crippen LogP contribution in [0.25, 0.3) is 17.0 Å². The van der Waals surface area contributed by atoms with Crippen LogP contribution in [0.3, 0.4) is 0 Å². The standard InChI is InChI=1S/C18H20N6.C2H6/c1-2-14(23-17(3-1)22-13-6-7-19-8-13)16-9-21-18-10-20-15(11-24(16)18)12-4-5-12;1-2/h1-3,9-13,19H,4-8H2,(H,22,23);1-2H3. The van der Waals surface area contributed by atoms with Crippen LogP contribution in [0, 0.1) is 0 Å². The Labute approximate surface area is 154 Å². The van der Waals surface area contributed by atoms with E-state index in [1.807, 2.05) is 38.4 Å². The normalized spacial score (nSPS) is 19.2. The van der Waals surface area contributed by atoms with Gasteiger partial charge >= 0.3 is 0 Å². The van der Waals surface area contributed by atoms with Crippen molar-refractivity contribution in [1.29, 1.82) is 0 Å². The Morgan fingerprint density at radius 2 is 2.00 bits per heavy atom. The highest BCUT2D eigenvalue weighted by atomic mass is 15.1. The molecule has 1 unspecified atom stereocenters. The lowest BCUT2D eigenvalue weighted by Crippen LogP contribution is -2.22. The minimum absolute atomic E-state index is 0.459. The predicted molar refractivity (Wildman–Crippen MR) is 104 cm³/mol. The van der Waals surface area contributed by atoms with Crippen LogP contribution < -0.4 is 10.6 Å². The second kappa shape index (κ2) is 7.41. The third-order valence-electron chi connectivity index (χ3n) is 4.84. The van der Waals surface area contributed by atoms with Gasteiger partial charge in [-0.1, -0.05) is 19.9 Å². The van der Waals surface area contributed by atoms with Crippen molar-refractivity contribution in [2.24, 2.45) is 0 Å². The van der Waals surface area contributed by atoms with E-state index in [1.165, 1.54) is 12.8 Å². The Morgan fingerprint density at radius 1 is 1.12 bits per heavy atom. The van der Waals surface area contributed by atoms with Gasteiger partial charge in [0.2, 0.25) is 0 Å². The van der Waals surface area contributed by atoms with Crippen LogP contribution in [0.15, 0.2) is 36.8 Å². The summed E-state index contributed by atoms with van der Waals surface area (Å²) in [4.78, 5) is 13.8. The molecule has 1 saturated heterocycles. The average molecular weight is 350 g/mol. The van der Waals surface area contributed by atoms with Crippen LogP contribution in [0.4, 0.5) is 5.82 Å². The van der Waals surface area contributed by atoms with Crippen molar-refractivity contribution in [3.63, 3.8) is 0 Å². The maximum Gasteiger partial charge on any atom is 0.155 e. The Bertz CT molecular complexity index is 877. The fourth-order valence-corrected chi connectivity index (χ4v) is 3.33. The number of aromatic nitrogens is 4. The summed E-state index contributed by atoms with van der Waals surface area (Å²) in [6, 6.07) is 6.58. The molecule has 4 heterocycles. The smallest absolute Gasteiger partial charge is 0.155 e. The molecule has 2 aliphatic rings. The Hall–Kier alpha value is -2.47. The zero-order chi connectivity index (χ0) is 17.9. The van der Waals surface area contributed by atoms with E-state index in [-0.39, 0.29) is 0 Å². The number of rotatable bonds is 4. The maximum absolute atomic E-state index is 4.80. The number of fused-ring (bicyclic) bond motifs is 1. The summed E-state index contributed by atoms with van der Waals surface area (Å²) in [5, 5.41) is 6.89. The van der Waals surface area contributed by atoms with Gasteiger partial charge in [-0.05, 0) is 37.9 Å². The van der Waals surface area contributed by atoms with Crippen molar-refractivity contribution in [3.05, 3.63) is 42.5 Å². The van der Waals surface area contributed by atoms with E-state index < -0.39 is 0 Å². The molecule has 136 valence electrons. The maximum atomic E-state index is 4.80. The first-order valence-corrected chi connectivity index (χ1v) is 9.64. The monoisotopic (exact) mass is 350 g/mol. The molecule has 26 heavy (non-hydrogen) atoms. The second-order valence-corrected chi connectivity index (χ2v) is 6.70. The van der Waals surface area contributed by atoms with Crippen molar-refractivity contribution < 1.29 is 0 Å². The number of pyridine rings is 1. The third-order valence-corrected chi connectivity index (χ3v) is 4.84. The van der Waals surface area contributed by atoms with Crippen LogP contribution in [0.1, 0.15) is 44.7 Å². The van der Waals surface area contributed by atoms with Gasteiger partial charge in [0.25, 0.3) is 0 Å². The minimum Gasteiger partial charge on any atom is -0.366 e. The van der Waals surface area contributed by atoms with E-state index in [0.29, 0.717) is 12.0 Å². The molecule has 6 nitrogen and oxygen atoms in total. The summed E-state index contributed by atoms with van der Waals surface area (Å²) in [6.07, 6.45) is 9.50. The quantitative estimate of drug-likeness (QED) is 0.754. The number of hydrogen-bond acceptors (Lipinski definition) is 5. The van der Waals surface area contributed by atoms with Gasteiger partial charge in [0.1, 0.15) is 5.82 Å². The molecule has 1 aliphatic carbocycles. The van der Waals surface area contributed by atoms with Crippen molar-refractivity contribution in [3.8, 4) is 11.4 Å². The van der Waals surface area contributed by atoms with Crippen molar-refractivity contribution >= 4 is 11.5 Å². The number of hydrogen-bond donors (Lipinski definition) is 2. The van der Waals surface area contributed by atoms with E-state index in [0.717, 1.165) is 48.1 Å². The van der Waals surface area contributed by atoms with Gasteiger partial charge in [0, 0.05) is 24.7 Å². The molecule has 0 radical (unpaired) electrons. The molecule has 3 aromatic heterocycles. The summed E-state index contributed by atoms with van der Waals surface area (Å²) in [6.45, 7) is 6.07. The molecule has 6 heteroatoms. The summed E-state index contributed by atoms with van der Waals surface area (Å²) in [7, 11) is 0. The molecule has 1 saturated carbocycles. The highest BCUT2D eigenvalue weighted by Gasteiger charge is 2.25. The van der Waals surface area contributed by atoms with Crippen LogP contribution in [0.5, 0.6) is 0 Å². The van der Waals surface area contributed by atoms with Gasteiger partial charge in [-0.15, -0.1) is 0 Å². The number of anilines is 1. The first-order chi connectivity index (χ1) is 12.9. The van der Waals surface area contributed by atoms with Crippen LogP contribution >= 0.6 is 0 Å². The van der Waals surface area contributed by atoms with E-state index in [4.69, 9.17) is 4.98 Å². The highest BCUT2D eigenvalue weighted by molar-refractivity contribution is 5.61. The molecule has 0 aromatic carbocycles. The molecule has 2 fully saturated rings. The lowest BCUT2D eigenvalue weighted by Gasteiger charge is -2.12. The SMILES string of the molecule is CC.c1cc(NC2CCNC2)nc(-c2cnc3cnc(C4CC4)cn23)c1. The zero-order valence-electron chi connectivity index (χ0n) is 15.4.